The highest BCUT2D eigenvalue weighted by Gasteiger charge is 2.33. The first-order chi connectivity index (χ1) is 17.0. The van der Waals surface area contributed by atoms with Crippen molar-refractivity contribution in [3.05, 3.63) is 84.4 Å². The van der Waals surface area contributed by atoms with Gasteiger partial charge in [-0.15, -0.1) is 0 Å². The third-order valence-electron chi connectivity index (χ3n) is 6.68. The van der Waals surface area contributed by atoms with E-state index in [1.54, 1.807) is 12.5 Å². The molecule has 0 saturated heterocycles. The lowest BCUT2D eigenvalue weighted by atomic mass is 9.93. The molecule has 4 aromatic rings. The Balaban J connectivity index is 1.40. The monoisotopic (exact) mass is 467 g/mol. The summed E-state index contributed by atoms with van der Waals surface area (Å²) in [7, 11) is 4.08. The summed E-state index contributed by atoms with van der Waals surface area (Å²) >= 11 is 0. The van der Waals surface area contributed by atoms with Gasteiger partial charge in [0.05, 0.1) is 12.0 Å². The summed E-state index contributed by atoms with van der Waals surface area (Å²) < 4.78 is 1.89. The molecule has 2 heterocycles. The van der Waals surface area contributed by atoms with Gasteiger partial charge in [-0.1, -0.05) is 25.1 Å². The van der Waals surface area contributed by atoms with Crippen molar-refractivity contribution in [3.8, 4) is 5.69 Å². The van der Waals surface area contributed by atoms with Gasteiger partial charge in [0, 0.05) is 79.4 Å². The molecule has 1 aliphatic heterocycles. The molecule has 5 rings (SSSR count). The van der Waals surface area contributed by atoms with Crippen molar-refractivity contribution in [1.29, 1.82) is 0 Å². The van der Waals surface area contributed by atoms with E-state index in [1.165, 1.54) is 4.90 Å². The lowest BCUT2D eigenvalue weighted by molar-refractivity contribution is 0.0615. The first-order valence-electron chi connectivity index (χ1n) is 11.9. The standard InChI is InChI=1S/C28H29N5O2/c1-4-14-30(2)20-7-5-8-21(18-20)31(3)16-17-33-27(34)23-10-6-9-22-25(32-15-13-29-19-32)12-11-24(26(22)23)28(33)35/h5-13,15,18-19H,4,14,16-17H2,1-3H3. The maximum atomic E-state index is 13.4. The van der Waals surface area contributed by atoms with Gasteiger partial charge in [0.2, 0.25) is 0 Å². The molecule has 0 radical (unpaired) electrons. The molecular weight excluding hydrogens is 438 g/mol. The normalized spacial score (nSPS) is 12.9. The Morgan fingerprint density at radius 2 is 1.54 bits per heavy atom. The Labute approximate surface area is 205 Å². The molecule has 178 valence electrons. The molecule has 2 amide bonds. The van der Waals surface area contributed by atoms with Crippen LogP contribution in [0.5, 0.6) is 0 Å². The second-order valence-corrected chi connectivity index (χ2v) is 8.96. The molecule has 0 unspecified atom stereocenters. The highest BCUT2D eigenvalue weighted by molar-refractivity contribution is 6.26. The number of carbonyl (C=O) groups excluding carboxylic acids is 2. The van der Waals surface area contributed by atoms with Gasteiger partial charge in [-0.3, -0.25) is 14.5 Å². The summed E-state index contributed by atoms with van der Waals surface area (Å²) in [6.45, 7) is 3.99. The third-order valence-corrected chi connectivity index (χ3v) is 6.68. The molecule has 3 aromatic carbocycles. The number of imide groups is 1. The van der Waals surface area contributed by atoms with Gasteiger partial charge in [-0.2, -0.15) is 0 Å². The Bertz CT molecular complexity index is 1370. The minimum Gasteiger partial charge on any atom is -0.375 e. The van der Waals surface area contributed by atoms with Crippen LogP contribution in [0.25, 0.3) is 16.5 Å². The van der Waals surface area contributed by atoms with Crippen LogP contribution >= 0.6 is 0 Å². The fourth-order valence-corrected chi connectivity index (χ4v) is 4.77. The van der Waals surface area contributed by atoms with E-state index in [9.17, 15) is 9.59 Å². The van der Waals surface area contributed by atoms with Crippen molar-refractivity contribution in [1.82, 2.24) is 14.5 Å². The van der Waals surface area contributed by atoms with E-state index < -0.39 is 0 Å². The molecule has 7 nitrogen and oxygen atoms in total. The van der Waals surface area contributed by atoms with Crippen LogP contribution in [0.15, 0.2) is 73.3 Å². The Morgan fingerprint density at radius 3 is 2.23 bits per heavy atom. The van der Waals surface area contributed by atoms with Crippen LogP contribution in [-0.4, -0.2) is 60.0 Å². The lowest BCUT2D eigenvalue weighted by Crippen LogP contribution is -2.44. The number of amides is 2. The van der Waals surface area contributed by atoms with Gasteiger partial charge in [-0.25, -0.2) is 4.98 Å². The number of aromatic nitrogens is 2. The fraction of sp³-hybridized carbons (Fsp3) is 0.250. The molecule has 0 N–H and O–H groups in total. The smallest absolute Gasteiger partial charge is 0.261 e. The van der Waals surface area contributed by atoms with Gasteiger partial charge in [0.15, 0.2) is 0 Å². The average Bonchev–Trinajstić information content (AvgIpc) is 3.42. The zero-order chi connectivity index (χ0) is 24.5. The first-order valence-corrected chi connectivity index (χ1v) is 11.9. The van der Waals surface area contributed by atoms with Gasteiger partial charge < -0.3 is 14.4 Å². The Morgan fingerprint density at radius 1 is 0.857 bits per heavy atom. The SMILES string of the molecule is CCCN(C)c1cccc(N(C)CCN2C(=O)c3cccc4c(-n5ccnc5)ccc(c34)C2=O)c1. The van der Waals surface area contributed by atoms with E-state index in [2.05, 4.69) is 47.0 Å². The van der Waals surface area contributed by atoms with Crippen LogP contribution in [0.3, 0.4) is 0 Å². The highest BCUT2D eigenvalue weighted by Crippen LogP contribution is 2.33. The van der Waals surface area contributed by atoms with Crippen LogP contribution in [0, 0.1) is 0 Å². The number of hydrogen-bond donors (Lipinski definition) is 0. The van der Waals surface area contributed by atoms with Crippen LogP contribution in [0.4, 0.5) is 11.4 Å². The van der Waals surface area contributed by atoms with E-state index in [-0.39, 0.29) is 11.8 Å². The number of nitrogens with zero attached hydrogens (tertiary/aromatic N) is 5. The van der Waals surface area contributed by atoms with Gasteiger partial charge in [-0.05, 0) is 42.8 Å². The molecular formula is C28H29N5O2. The van der Waals surface area contributed by atoms with Crippen molar-refractivity contribution in [2.24, 2.45) is 0 Å². The molecule has 0 fully saturated rings. The molecule has 0 spiro atoms. The molecule has 0 aliphatic carbocycles. The quantitative estimate of drug-likeness (QED) is 0.354. The van der Waals surface area contributed by atoms with Crippen LogP contribution in [0.1, 0.15) is 34.1 Å². The zero-order valence-corrected chi connectivity index (χ0v) is 20.3. The van der Waals surface area contributed by atoms with E-state index >= 15 is 0 Å². The summed E-state index contributed by atoms with van der Waals surface area (Å²) in [5, 5.41) is 1.58. The zero-order valence-electron chi connectivity index (χ0n) is 20.3. The van der Waals surface area contributed by atoms with Crippen molar-refractivity contribution in [2.75, 3.05) is 43.5 Å². The molecule has 0 saturated carbocycles. The van der Waals surface area contributed by atoms with Gasteiger partial charge in [0.25, 0.3) is 11.8 Å². The Hall–Kier alpha value is -4.13. The number of benzene rings is 3. The molecule has 35 heavy (non-hydrogen) atoms. The van der Waals surface area contributed by atoms with Crippen molar-refractivity contribution in [2.45, 2.75) is 13.3 Å². The van der Waals surface area contributed by atoms with Crippen molar-refractivity contribution >= 4 is 34.0 Å². The maximum absolute atomic E-state index is 13.4. The number of likely N-dealkylation sites (N-methyl/N-ethyl adjacent to an activating group) is 1. The van der Waals surface area contributed by atoms with E-state index in [0.29, 0.717) is 29.6 Å². The van der Waals surface area contributed by atoms with Crippen LogP contribution in [0.2, 0.25) is 0 Å². The third kappa shape index (κ3) is 4.03. The number of carbonyl (C=O) groups is 2. The summed E-state index contributed by atoms with van der Waals surface area (Å²) in [6.07, 6.45) is 6.36. The predicted octanol–water partition coefficient (Wildman–Crippen LogP) is 4.60. The highest BCUT2D eigenvalue weighted by atomic mass is 16.2. The number of anilines is 2. The average molecular weight is 468 g/mol. The number of rotatable bonds is 8. The van der Waals surface area contributed by atoms with Gasteiger partial charge in [0.1, 0.15) is 0 Å². The second kappa shape index (κ2) is 9.25. The molecule has 0 atom stereocenters. The first kappa shape index (κ1) is 22.7. The second-order valence-electron chi connectivity index (χ2n) is 8.96. The maximum Gasteiger partial charge on any atom is 0.261 e. The van der Waals surface area contributed by atoms with E-state index in [0.717, 1.165) is 35.4 Å². The van der Waals surface area contributed by atoms with Gasteiger partial charge >= 0.3 is 0 Å². The summed E-state index contributed by atoms with van der Waals surface area (Å²) in [5.41, 5.74) is 4.21. The molecule has 1 aliphatic rings. The minimum atomic E-state index is -0.249. The Kier molecular flexibility index (Phi) is 5.99. The molecule has 1 aromatic heterocycles. The number of hydrogen-bond acceptors (Lipinski definition) is 5. The fourth-order valence-electron chi connectivity index (χ4n) is 4.77. The minimum absolute atomic E-state index is 0.249. The number of imidazole rings is 1. The predicted molar refractivity (Wildman–Crippen MR) is 140 cm³/mol. The molecule has 7 heteroatoms. The van der Waals surface area contributed by atoms with Crippen molar-refractivity contribution < 1.29 is 9.59 Å². The lowest BCUT2D eigenvalue weighted by Gasteiger charge is -2.30. The molecule has 0 bridgehead atoms. The van der Waals surface area contributed by atoms with Crippen LogP contribution in [-0.2, 0) is 0 Å². The summed E-state index contributed by atoms with van der Waals surface area (Å²) in [6, 6.07) is 17.7. The summed E-state index contributed by atoms with van der Waals surface area (Å²) in [5.74, 6) is -0.499. The summed E-state index contributed by atoms with van der Waals surface area (Å²) in [4.78, 5) is 36.7. The van der Waals surface area contributed by atoms with Crippen molar-refractivity contribution in [3.63, 3.8) is 0 Å². The topological polar surface area (TPSA) is 61.7 Å². The van der Waals surface area contributed by atoms with E-state index in [1.807, 2.05) is 54.2 Å². The van der Waals surface area contributed by atoms with Crippen LogP contribution < -0.4 is 9.80 Å². The largest absolute Gasteiger partial charge is 0.375 e. The van der Waals surface area contributed by atoms with E-state index in [4.69, 9.17) is 0 Å².